The molecule has 0 amide bonds. The molecule has 0 fully saturated rings. The van der Waals surface area contributed by atoms with E-state index >= 15 is 0 Å². The first-order valence-electron chi connectivity index (χ1n) is 6.77. The van der Waals surface area contributed by atoms with Crippen molar-refractivity contribution >= 4 is 26.3 Å². The third kappa shape index (κ3) is 4.49. The van der Waals surface area contributed by atoms with Crippen molar-refractivity contribution in [1.29, 1.82) is 0 Å². The van der Waals surface area contributed by atoms with Gasteiger partial charge in [-0.2, -0.15) is 0 Å². The molecule has 0 unspecified atom stereocenters. The van der Waals surface area contributed by atoms with E-state index in [1.165, 1.54) is 0 Å². The highest BCUT2D eigenvalue weighted by Crippen LogP contribution is 2.24. The SMILES string of the molecule is COCCNc1nnc(S(=O)(=O)Cc2cc(C)cc(C)c2)s1. The van der Waals surface area contributed by atoms with Gasteiger partial charge in [0.05, 0.1) is 12.4 Å². The summed E-state index contributed by atoms with van der Waals surface area (Å²) in [6.07, 6.45) is 0. The van der Waals surface area contributed by atoms with Crippen molar-refractivity contribution in [1.82, 2.24) is 10.2 Å². The van der Waals surface area contributed by atoms with Crippen LogP contribution in [0.3, 0.4) is 0 Å². The van der Waals surface area contributed by atoms with Crippen LogP contribution in [-0.2, 0) is 20.3 Å². The van der Waals surface area contributed by atoms with E-state index in [0.29, 0.717) is 18.3 Å². The van der Waals surface area contributed by atoms with Crippen molar-refractivity contribution in [3.05, 3.63) is 34.9 Å². The fraction of sp³-hybridized carbons (Fsp3) is 0.429. The number of aromatic nitrogens is 2. The van der Waals surface area contributed by atoms with Gasteiger partial charge in [-0.3, -0.25) is 0 Å². The van der Waals surface area contributed by atoms with Crippen molar-refractivity contribution in [2.75, 3.05) is 25.6 Å². The lowest BCUT2D eigenvalue weighted by atomic mass is 10.1. The Bertz CT molecular complexity index is 721. The van der Waals surface area contributed by atoms with Crippen LogP contribution in [0, 0.1) is 13.8 Å². The van der Waals surface area contributed by atoms with Gasteiger partial charge in [-0.15, -0.1) is 10.2 Å². The summed E-state index contributed by atoms with van der Waals surface area (Å²) in [4.78, 5) is 0. The van der Waals surface area contributed by atoms with Gasteiger partial charge in [0.15, 0.2) is 0 Å². The molecule has 120 valence electrons. The van der Waals surface area contributed by atoms with Gasteiger partial charge in [-0.25, -0.2) is 8.42 Å². The molecule has 22 heavy (non-hydrogen) atoms. The van der Waals surface area contributed by atoms with E-state index in [0.717, 1.165) is 28.0 Å². The number of benzene rings is 1. The average molecular weight is 341 g/mol. The molecule has 0 atom stereocenters. The zero-order valence-corrected chi connectivity index (χ0v) is 14.4. The number of methoxy groups -OCH3 is 1. The molecular formula is C14H19N3O3S2. The van der Waals surface area contributed by atoms with Crippen LogP contribution < -0.4 is 5.32 Å². The third-order valence-corrected chi connectivity index (χ3v) is 5.91. The molecule has 0 aliphatic rings. The van der Waals surface area contributed by atoms with Gasteiger partial charge in [0.25, 0.3) is 0 Å². The summed E-state index contributed by atoms with van der Waals surface area (Å²) in [6, 6.07) is 5.77. The van der Waals surface area contributed by atoms with Gasteiger partial charge in [0, 0.05) is 13.7 Å². The first-order valence-corrected chi connectivity index (χ1v) is 9.24. The van der Waals surface area contributed by atoms with Crippen molar-refractivity contribution in [3.8, 4) is 0 Å². The second-order valence-electron chi connectivity index (χ2n) is 5.05. The number of hydrogen-bond donors (Lipinski definition) is 1. The fourth-order valence-electron chi connectivity index (χ4n) is 2.10. The number of anilines is 1. The molecule has 1 aromatic carbocycles. The smallest absolute Gasteiger partial charge is 0.234 e. The van der Waals surface area contributed by atoms with E-state index in [9.17, 15) is 8.42 Å². The molecule has 6 nitrogen and oxygen atoms in total. The first-order chi connectivity index (χ1) is 10.4. The lowest BCUT2D eigenvalue weighted by molar-refractivity contribution is 0.211. The van der Waals surface area contributed by atoms with Gasteiger partial charge in [0.2, 0.25) is 19.3 Å². The van der Waals surface area contributed by atoms with Crippen molar-refractivity contribution in [3.63, 3.8) is 0 Å². The van der Waals surface area contributed by atoms with E-state index in [1.807, 2.05) is 32.0 Å². The molecule has 0 bridgehead atoms. The standard InChI is InChI=1S/C14H19N3O3S2/c1-10-6-11(2)8-12(7-10)9-22(18,19)14-17-16-13(21-14)15-4-5-20-3/h6-8H,4-5,9H2,1-3H3,(H,15,16). The predicted molar refractivity (Wildman–Crippen MR) is 87.1 cm³/mol. The Balaban J connectivity index is 2.13. The van der Waals surface area contributed by atoms with E-state index < -0.39 is 9.84 Å². The number of ether oxygens (including phenoxy) is 1. The molecular weight excluding hydrogens is 322 g/mol. The summed E-state index contributed by atoms with van der Waals surface area (Å²) >= 11 is 1.04. The van der Waals surface area contributed by atoms with Crippen LogP contribution in [0.15, 0.2) is 22.5 Å². The van der Waals surface area contributed by atoms with Gasteiger partial charge < -0.3 is 10.1 Å². The molecule has 8 heteroatoms. The molecule has 0 saturated carbocycles. The van der Waals surface area contributed by atoms with Crippen LogP contribution in [0.25, 0.3) is 0 Å². The van der Waals surface area contributed by atoms with Crippen molar-refractivity contribution in [2.24, 2.45) is 0 Å². The Morgan fingerprint density at radius 1 is 1.18 bits per heavy atom. The van der Waals surface area contributed by atoms with E-state index in [2.05, 4.69) is 15.5 Å². The second kappa shape index (κ2) is 7.17. The topological polar surface area (TPSA) is 81.2 Å². The number of rotatable bonds is 7. The normalized spacial score (nSPS) is 11.6. The van der Waals surface area contributed by atoms with Gasteiger partial charge >= 0.3 is 0 Å². The second-order valence-corrected chi connectivity index (χ2v) is 8.19. The van der Waals surface area contributed by atoms with E-state index in [1.54, 1.807) is 7.11 Å². The van der Waals surface area contributed by atoms with Crippen LogP contribution in [0.4, 0.5) is 5.13 Å². The molecule has 1 heterocycles. The minimum Gasteiger partial charge on any atom is -0.383 e. The van der Waals surface area contributed by atoms with E-state index in [4.69, 9.17) is 4.74 Å². The zero-order valence-electron chi connectivity index (χ0n) is 12.8. The largest absolute Gasteiger partial charge is 0.383 e. The molecule has 0 aliphatic carbocycles. The Morgan fingerprint density at radius 2 is 1.86 bits per heavy atom. The van der Waals surface area contributed by atoms with Crippen molar-refractivity contribution < 1.29 is 13.2 Å². The number of hydrogen-bond acceptors (Lipinski definition) is 7. The maximum absolute atomic E-state index is 12.4. The molecule has 0 saturated heterocycles. The minimum absolute atomic E-state index is 0.0339. The molecule has 1 aromatic heterocycles. The van der Waals surface area contributed by atoms with Gasteiger partial charge in [0.1, 0.15) is 0 Å². The molecule has 2 aromatic rings. The summed E-state index contributed by atoms with van der Waals surface area (Å²) in [5, 5.41) is 11.1. The molecule has 2 rings (SSSR count). The minimum atomic E-state index is -3.48. The lowest BCUT2D eigenvalue weighted by Gasteiger charge is -2.04. The zero-order chi connectivity index (χ0) is 16.2. The number of aryl methyl sites for hydroxylation is 2. The Kier molecular flexibility index (Phi) is 5.49. The van der Waals surface area contributed by atoms with Gasteiger partial charge in [-0.05, 0) is 19.4 Å². The Labute approximate surface area is 134 Å². The van der Waals surface area contributed by atoms with Crippen LogP contribution in [0.5, 0.6) is 0 Å². The molecule has 0 radical (unpaired) electrons. The van der Waals surface area contributed by atoms with Crippen LogP contribution in [0.2, 0.25) is 0 Å². The predicted octanol–water partition coefficient (Wildman–Crippen LogP) is 2.19. The quantitative estimate of drug-likeness (QED) is 0.778. The first kappa shape index (κ1) is 16.9. The monoisotopic (exact) mass is 341 g/mol. The van der Waals surface area contributed by atoms with Crippen LogP contribution >= 0.6 is 11.3 Å². The molecule has 0 aliphatic heterocycles. The summed E-state index contributed by atoms with van der Waals surface area (Å²) in [6.45, 7) is 4.98. The Hall–Kier alpha value is -1.51. The molecule has 0 spiro atoms. The summed E-state index contributed by atoms with van der Waals surface area (Å²) in [5.41, 5.74) is 2.86. The fourth-order valence-corrected chi connectivity index (χ4v) is 4.42. The summed E-state index contributed by atoms with van der Waals surface area (Å²) < 4.78 is 29.8. The molecule has 1 N–H and O–H groups in total. The van der Waals surface area contributed by atoms with Gasteiger partial charge in [-0.1, -0.05) is 40.7 Å². The Morgan fingerprint density at radius 3 is 2.50 bits per heavy atom. The number of sulfone groups is 1. The van der Waals surface area contributed by atoms with Crippen LogP contribution in [0.1, 0.15) is 16.7 Å². The third-order valence-electron chi connectivity index (χ3n) is 2.89. The highest BCUT2D eigenvalue weighted by Gasteiger charge is 2.21. The number of nitrogens with one attached hydrogen (secondary N) is 1. The average Bonchev–Trinajstić information content (AvgIpc) is 2.87. The lowest BCUT2D eigenvalue weighted by Crippen LogP contribution is -2.06. The maximum Gasteiger partial charge on any atom is 0.234 e. The highest BCUT2D eigenvalue weighted by molar-refractivity contribution is 7.92. The number of nitrogens with zero attached hydrogens (tertiary/aromatic N) is 2. The highest BCUT2D eigenvalue weighted by atomic mass is 32.2. The summed E-state index contributed by atoms with van der Waals surface area (Å²) in [7, 11) is -1.88. The van der Waals surface area contributed by atoms with Crippen molar-refractivity contribution in [2.45, 2.75) is 23.9 Å². The summed E-state index contributed by atoms with van der Waals surface area (Å²) in [5.74, 6) is -0.0672. The van der Waals surface area contributed by atoms with E-state index in [-0.39, 0.29) is 10.1 Å². The van der Waals surface area contributed by atoms with Crippen LogP contribution in [-0.4, -0.2) is 38.9 Å². The maximum atomic E-state index is 12.4.